The van der Waals surface area contributed by atoms with Gasteiger partial charge in [-0.2, -0.15) is 4.31 Å². The second-order valence-corrected chi connectivity index (χ2v) is 10.00. The summed E-state index contributed by atoms with van der Waals surface area (Å²) in [5.74, 6) is 0.00545. The summed E-state index contributed by atoms with van der Waals surface area (Å²) in [6, 6.07) is 5.20. The van der Waals surface area contributed by atoms with E-state index in [2.05, 4.69) is 24.2 Å². The average Bonchev–Trinajstić information content (AvgIpc) is 3.22. The quantitative estimate of drug-likeness (QED) is 0.709. The fourth-order valence-corrected chi connectivity index (χ4v) is 5.60. The van der Waals surface area contributed by atoms with Crippen LogP contribution in [0.15, 0.2) is 23.1 Å². The largest absolute Gasteiger partial charge is 0.378 e. The number of amides is 1. The Morgan fingerprint density at radius 1 is 1.20 bits per heavy atom. The van der Waals surface area contributed by atoms with E-state index < -0.39 is 10.0 Å². The minimum atomic E-state index is -3.63. The van der Waals surface area contributed by atoms with E-state index in [0.717, 1.165) is 11.9 Å². The molecule has 0 saturated carbocycles. The Balaban J connectivity index is 1.46. The number of piperidine rings is 1. The van der Waals surface area contributed by atoms with Gasteiger partial charge in [-0.1, -0.05) is 12.1 Å². The summed E-state index contributed by atoms with van der Waals surface area (Å²) in [6.07, 6.45) is 2.00. The second-order valence-electron chi connectivity index (χ2n) is 8.06. The van der Waals surface area contributed by atoms with E-state index in [4.69, 9.17) is 4.74 Å². The molecule has 3 heterocycles. The first-order chi connectivity index (χ1) is 14.4. The van der Waals surface area contributed by atoms with Gasteiger partial charge >= 0.3 is 0 Å². The number of carbonyl (C=O) groups excluding carboxylic acids is 1. The Bertz CT molecular complexity index is 1010. The molecular formula is C20H29N5O4S. The number of ether oxygens (including phenoxy) is 1. The fraction of sp³-hybridized carbons (Fsp3) is 0.650. The van der Waals surface area contributed by atoms with Crippen LogP contribution in [0.2, 0.25) is 0 Å². The third-order valence-electron chi connectivity index (χ3n) is 6.21. The Morgan fingerprint density at radius 2 is 1.90 bits per heavy atom. The van der Waals surface area contributed by atoms with Crippen molar-refractivity contribution < 1.29 is 17.9 Å². The van der Waals surface area contributed by atoms with Gasteiger partial charge in [0.2, 0.25) is 15.9 Å². The van der Waals surface area contributed by atoms with Crippen molar-refractivity contribution in [3.63, 3.8) is 0 Å². The first-order valence-corrected chi connectivity index (χ1v) is 12.1. The van der Waals surface area contributed by atoms with E-state index in [1.165, 1.54) is 4.31 Å². The lowest BCUT2D eigenvalue weighted by Gasteiger charge is -2.35. The lowest BCUT2D eigenvalue weighted by Crippen LogP contribution is -2.47. The van der Waals surface area contributed by atoms with E-state index in [-0.39, 0.29) is 22.8 Å². The molecule has 0 bridgehead atoms. The second kappa shape index (κ2) is 8.60. The fourth-order valence-electron chi connectivity index (χ4n) is 4.11. The molecule has 30 heavy (non-hydrogen) atoms. The number of morpholine rings is 1. The van der Waals surface area contributed by atoms with Gasteiger partial charge in [0.25, 0.3) is 0 Å². The van der Waals surface area contributed by atoms with Gasteiger partial charge in [-0.05, 0) is 44.4 Å². The van der Waals surface area contributed by atoms with Gasteiger partial charge in [-0.15, -0.1) is 5.10 Å². The van der Waals surface area contributed by atoms with Gasteiger partial charge in [0, 0.05) is 32.1 Å². The highest BCUT2D eigenvalue weighted by Gasteiger charge is 2.34. The minimum Gasteiger partial charge on any atom is -0.378 e. The highest BCUT2D eigenvalue weighted by molar-refractivity contribution is 7.89. The SMILES string of the molecule is CCC(C)n1nnc2cc(S(=O)(=O)N3CCC(C(=O)N4CCOCC4)CC3)ccc21. The normalized spacial score (nSPS) is 20.5. The van der Waals surface area contributed by atoms with Crippen LogP contribution in [-0.4, -0.2) is 77.9 Å². The van der Waals surface area contributed by atoms with Crippen LogP contribution in [0.4, 0.5) is 0 Å². The predicted octanol–water partition coefficient (Wildman–Crippen LogP) is 1.66. The molecule has 2 aliphatic heterocycles. The zero-order chi connectivity index (χ0) is 21.3. The van der Waals surface area contributed by atoms with Crippen LogP contribution in [0.3, 0.4) is 0 Å². The smallest absolute Gasteiger partial charge is 0.243 e. The van der Waals surface area contributed by atoms with Crippen LogP contribution in [0.5, 0.6) is 0 Å². The average molecular weight is 436 g/mol. The van der Waals surface area contributed by atoms with Gasteiger partial charge in [-0.25, -0.2) is 13.1 Å². The van der Waals surface area contributed by atoms with Crippen molar-refractivity contribution in [1.29, 1.82) is 0 Å². The summed E-state index contributed by atoms with van der Waals surface area (Å²) in [5.41, 5.74) is 1.41. The zero-order valence-electron chi connectivity index (χ0n) is 17.5. The number of aromatic nitrogens is 3. The van der Waals surface area contributed by atoms with Gasteiger partial charge < -0.3 is 9.64 Å². The number of rotatable bonds is 5. The molecule has 164 valence electrons. The molecule has 1 amide bonds. The maximum absolute atomic E-state index is 13.2. The number of carbonyl (C=O) groups is 1. The number of fused-ring (bicyclic) bond motifs is 1. The molecule has 2 fully saturated rings. The number of hydrogen-bond donors (Lipinski definition) is 0. The molecule has 2 saturated heterocycles. The molecule has 1 aromatic carbocycles. The van der Waals surface area contributed by atoms with Crippen LogP contribution in [0.25, 0.3) is 11.0 Å². The summed E-state index contributed by atoms with van der Waals surface area (Å²) in [7, 11) is -3.63. The maximum Gasteiger partial charge on any atom is 0.243 e. The highest BCUT2D eigenvalue weighted by atomic mass is 32.2. The van der Waals surface area contributed by atoms with Crippen molar-refractivity contribution in [2.75, 3.05) is 39.4 Å². The zero-order valence-corrected chi connectivity index (χ0v) is 18.3. The number of sulfonamides is 1. The molecule has 1 atom stereocenters. The third kappa shape index (κ3) is 3.95. The Hall–Kier alpha value is -2.04. The van der Waals surface area contributed by atoms with E-state index in [1.807, 2.05) is 9.58 Å². The first kappa shape index (κ1) is 21.2. The van der Waals surface area contributed by atoms with E-state index in [1.54, 1.807) is 18.2 Å². The Labute approximate surface area is 177 Å². The van der Waals surface area contributed by atoms with Gasteiger partial charge in [0.05, 0.1) is 29.7 Å². The summed E-state index contributed by atoms with van der Waals surface area (Å²) < 4.78 is 34.9. The lowest BCUT2D eigenvalue weighted by molar-refractivity contribution is -0.140. The van der Waals surface area contributed by atoms with Crippen molar-refractivity contribution in [1.82, 2.24) is 24.2 Å². The molecule has 1 aromatic heterocycles. The molecule has 0 radical (unpaired) electrons. The third-order valence-corrected chi connectivity index (χ3v) is 8.11. The summed E-state index contributed by atoms with van der Waals surface area (Å²) in [6.45, 7) is 7.21. The van der Waals surface area contributed by atoms with Crippen LogP contribution in [0.1, 0.15) is 39.2 Å². The molecule has 1 unspecified atom stereocenters. The van der Waals surface area contributed by atoms with Crippen molar-refractivity contribution in [2.24, 2.45) is 5.92 Å². The highest BCUT2D eigenvalue weighted by Crippen LogP contribution is 2.27. The Morgan fingerprint density at radius 3 is 2.57 bits per heavy atom. The molecule has 9 nitrogen and oxygen atoms in total. The number of hydrogen-bond acceptors (Lipinski definition) is 6. The standard InChI is InChI=1S/C20H29N5O4S/c1-3-15(2)25-19-5-4-17(14-18(19)21-22-25)30(27,28)24-8-6-16(7-9-24)20(26)23-10-12-29-13-11-23/h4-5,14-16H,3,6-13H2,1-2H3. The predicted molar refractivity (Wildman–Crippen MR) is 111 cm³/mol. The molecule has 0 N–H and O–H groups in total. The number of benzene rings is 1. The van der Waals surface area contributed by atoms with Crippen LogP contribution in [0, 0.1) is 5.92 Å². The lowest BCUT2D eigenvalue weighted by atomic mass is 9.96. The Kier molecular flexibility index (Phi) is 6.08. The molecule has 0 spiro atoms. The molecule has 4 rings (SSSR count). The van der Waals surface area contributed by atoms with Crippen molar-refractivity contribution in [3.8, 4) is 0 Å². The molecule has 10 heteroatoms. The van der Waals surface area contributed by atoms with Crippen molar-refractivity contribution in [2.45, 2.75) is 44.0 Å². The summed E-state index contributed by atoms with van der Waals surface area (Å²) in [5, 5.41) is 8.35. The van der Waals surface area contributed by atoms with E-state index in [0.29, 0.717) is 57.8 Å². The van der Waals surface area contributed by atoms with Gasteiger partial charge in [0.15, 0.2) is 0 Å². The first-order valence-electron chi connectivity index (χ1n) is 10.6. The van der Waals surface area contributed by atoms with Crippen LogP contribution in [-0.2, 0) is 19.6 Å². The topological polar surface area (TPSA) is 97.6 Å². The summed E-state index contributed by atoms with van der Waals surface area (Å²) in [4.78, 5) is 14.8. The van der Waals surface area contributed by atoms with Gasteiger partial charge in [-0.3, -0.25) is 4.79 Å². The molecule has 2 aromatic rings. The number of nitrogens with zero attached hydrogens (tertiary/aromatic N) is 5. The van der Waals surface area contributed by atoms with Crippen molar-refractivity contribution in [3.05, 3.63) is 18.2 Å². The molecular weight excluding hydrogens is 406 g/mol. The summed E-state index contributed by atoms with van der Waals surface area (Å²) >= 11 is 0. The van der Waals surface area contributed by atoms with E-state index in [9.17, 15) is 13.2 Å². The minimum absolute atomic E-state index is 0.118. The van der Waals surface area contributed by atoms with Crippen LogP contribution < -0.4 is 0 Å². The molecule has 0 aliphatic carbocycles. The van der Waals surface area contributed by atoms with Gasteiger partial charge in [0.1, 0.15) is 5.52 Å². The van der Waals surface area contributed by atoms with Crippen molar-refractivity contribution >= 4 is 27.0 Å². The van der Waals surface area contributed by atoms with E-state index >= 15 is 0 Å². The molecule has 2 aliphatic rings. The maximum atomic E-state index is 13.2. The monoisotopic (exact) mass is 435 g/mol. The van der Waals surface area contributed by atoms with Crippen LogP contribution >= 0.6 is 0 Å².